The van der Waals surface area contributed by atoms with Gasteiger partial charge in [0, 0.05) is 22.4 Å². The molecule has 8 heteroatoms. The van der Waals surface area contributed by atoms with Gasteiger partial charge < -0.3 is 4.74 Å². The fourth-order valence-corrected chi connectivity index (χ4v) is 1.87. The standard InChI is InChI=1S/C14H10BrF2N3O2/c15-10-4-11(16)14(12(17)5-10)22-8-13(21)20-19-7-9-2-1-3-18-6-9/h1-7H,8H2,(H,20,21)/b19-7+. The number of hydrogen-bond donors (Lipinski definition) is 1. The maximum absolute atomic E-state index is 13.5. The van der Waals surface area contributed by atoms with Crippen LogP contribution in [0.15, 0.2) is 46.2 Å². The lowest BCUT2D eigenvalue weighted by molar-refractivity contribution is -0.123. The summed E-state index contributed by atoms with van der Waals surface area (Å²) in [5, 5.41) is 3.67. The molecule has 0 spiro atoms. The second kappa shape index (κ2) is 7.60. The normalized spacial score (nSPS) is 10.7. The smallest absolute Gasteiger partial charge is 0.277 e. The van der Waals surface area contributed by atoms with Crippen molar-refractivity contribution in [1.82, 2.24) is 10.4 Å². The largest absolute Gasteiger partial charge is 0.478 e. The van der Waals surface area contributed by atoms with E-state index in [9.17, 15) is 13.6 Å². The molecule has 2 rings (SSSR count). The van der Waals surface area contributed by atoms with E-state index >= 15 is 0 Å². The van der Waals surface area contributed by atoms with E-state index in [1.807, 2.05) is 0 Å². The third-order valence-electron chi connectivity index (χ3n) is 2.40. The summed E-state index contributed by atoms with van der Waals surface area (Å²) in [7, 11) is 0. The van der Waals surface area contributed by atoms with Crippen molar-refractivity contribution in [2.24, 2.45) is 5.10 Å². The Bertz CT molecular complexity index is 673. The number of rotatable bonds is 5. The summed E-state index contributed by atoms with van der Waals surface area (Å²) < 4.78 is 32.0. The molecule has 0 fully saturated rings. The Morgan fingerprint density at radius 3 is 2.77 bits per heavy atom. The molecule has 0 bridgehead atoms. The van der Waals surface area contributed by atoms with Crippen LogP contribution in [-0.2, 0) is 4.79 Å². The Morgan fingerprint density at radius 2 is 2.14 bits per heavy atom. The average molecular weight is 370 g/mol. The van der Waals surface area contributed by atoms with Gasteiger partial charge in [0.15, 0.2) is 24.0 Å². The summed E-state index contributed by atoms with van der Waals surface area (Å²) >= 11 is 2.94. The number of nitrogens with zero attached hydrogens (tertiary/aromatic N) is 2. The summed E-state index contributed by atoms with van der Waals surface area (Å²) in [6.45, 7) is -0.570. The lowest BCUT2D eigenvalue weighted by Crippen LogP contribution is -2.25. The molecule has 22 heavy (non-hydrogen) atoms. The molecule has 2 aromatic rings. The van der Waals surface area contributed by atoms with Crippen molar-refractivity contribution in [3.05, 3.63) is 58.3 Å². The molecule has 5 nitrogen and oxygen atoms in total. The number of ether oxygens (including phenoxy) is 1. The first-order valence-electron chi connectivity index (χ1n) is 6.05. The highest BCUT2D eigenvalue weighted by Crippen LogP contribution is 2.25. The minimum absolute atomic E-state index is 0.236. The van der Waals surface area contributed by atoms with Gasteiger partial charge in [-0.3, -0.25) is 9.78 Å². The molecule has 1 aromatic heterocycles. The van der Waals surface area contributed by atoms with Crippen LogP contribution in [-0.4, -0.2) is 23.7 Å². The van der Waals surface area contributed by atoms with E-state index in [1.54, 1.807) is 24.5 Å². The molecule has 0 aliphatic heterocycles. The summed E-state index contributed by atoms with van der Waals surface area (Å²) in [6, 6.07) is 5.53. The van der Waals surface area contributed by atoms with Crippen LogP contribution in [0.5, 0.6) is 5.75 Å². The number of hydrazone groups is 1. The van der Waals surface area contributed by atoms with Gasteiger partial charge in [0.1, 0.15) is 0 Å². The van der Waals surface area contributed by atoms with Crippen LogP contribution in [0, 0.1) is 11.6 Å². The lowest BCUT2D eigenvalue weighted by atomic mass is 10.3. The molecule has 1 heterocycles. The van der Waals surface area contributed by atoms with Crippen LogP contribution in [0.1, 0.15) is 5.56 Å². The molecule has 0 unspecified atom stereocenters. The number of pyridine rings is 1. The number of aromatic nitrogens is 1. The van der Waals surface area contributed by atoms with Gasteiger partial charge in [0.25, 0.3) is 5.91 Å². The molecule has 0 radical (unpaired) electrons. The molecule has 0 saturated carbocycles. The van der Waals surface area contributed by atoms with Crippen molar-refractivity contribution < 1.29 is 18.3 Å². The van der Waals surface area contributed by atoms with Crippen molar-refractivity contribution in [1.29, 1.82) is 0 Å². The van der Waals surface area contributed by atoms with Crippen LogP contribution < -0.4 is 10.2 Å². The third kappa shape index (κ3) is 4.59. The molecule has 0 aliphatic rings. The lowest BCUT2D eigenvalue weighted by Gasteiger charge is -2.07. The van der Waals surface area contributed by atoms with Crippen molar-refractivity contribution >= 4 is 28.1 Å². The number of benzene rings is 1. The molecule has 0 saturated heterocycles. The Hall–Kier alpha value is -2.35. The Balaban J connectivity index is 1.87. The molecule has 114 valence electrons. The number of carbonyl (C=O) groups is 1. The quantitative estimate of drug-likeness (QED) is 0.650. The first kappa shape index (κ1) is 16.0. The molecule has 0 aliphatic carbocycles. The van der Waals surface area contributed by atoms with Crippen molar-refractivity contribution in [2.45, 2.75) is 0 Å². The maximum Gasteiger partial charge on any atom is 0.277 e. The highest BCUT2D eigenvalue weighted by Gasteiger charge is 2.13. The number of nitrogens with one attached hydrogen (secondary N) is 1. The number of amides is 1. The Labute approximate surface area is 133 Å². The van der Waals surface area contributed by atoms with Crippen LogP contribution >= 0.6 is 15.9 Å². The SMILES string of the molecule is O=C(COc1c(F)cc(Br)cc1F)N/N=C/c1cccnc1. The van der Waals surface area contributed by atoms with Gasteiger partial charge in [-0.1, -0.05) is 22.0 Å². The summed E-state index contributed by atoms with van der Waals surface area (Å²) in [5.41, 5.74) is 2.86. The van der Waals surface area contributed by atoms with Crippen LogP contribution in [0.25, 0.3) is 0 Å². The zero-order chi connectivity index (χ0) is 15.9. The fraction of sp³-hybridized carbons (Fsp3) is 0.0714. The van der Waals surface area contributed by atoms with Crippen molar-refractivity contribution in [3.8, 4) is 5.75 Å². The highest BCUT2D eigenvalue weighted by molar-refractivity contribution is 9.10. The summed E-state index contributed by atoms with van der Waals surface area (Å²) in [4.78, 5) is 15.3. The minimum atomic E-state index is -0.904. The van der Waals surface area contributed by atoms with Gasteiger partial charge in [-0.15, -0.1) is 0 Å². The third-order valence-corrected chi connectivity index (χ3v) is 2.86. The van der Waals surface area contributed by atoms with Crippen LogP contribution in [0.2, 0.25) is 0 Å². The molecular formula is C14H10BrF2N3O2. The van der Waals surface area contributed by atoms with E-state index in [4.69, 9.17) is 4.74 Å². The zero-order valence-corrected chi connectivity index (χ0v) is 12.7. The van der Waals surface area contributed by atoms with Crippen molar-refractivity contribution in [3.63, 3.8) is 0 Å². The first-order valence-corrected chi connectivity index (χ1v) is 6.85. The van der Waals surface area contributed by atoms with Gasteiger partial charge in [0.05, 0.1) is 6.21 Å². The van der Waals surface area contributed by atoms with Crippen LogP contribution in [0.3, 0.4) is 0 Å². The van der Waals surface area contributed by atoms with Gasteiger partial charge in [-0.05, 0) is 18.2 Å². The van der Waals surface area contributed by atoms with E-state index in [0.29, 0.717) is 5.56 Å². The van der Waals surface area contributed by atoms with E-state index in [-0.39, 0.29) is 4.47 Å². The van der Waals surface area contributed by atoms with Crippen LogP contribution in [0.4, 0.5) is 8.78 Å². The van der Waals surface area contributed by atoms with Gasteiger partial charge in [-0.25, -0.2) is 14.2 Å². The molecular weight excluding hydrogens is 360 g/mol. The van der Waals surface area contributed by atoms with E-state index in [2.05, 4.69) is 31.4 Å². The molecule has 0 atom stereocenters. The van der Waals surface area contributed by atoms with Crippen molar-refractivity contribution in [2.75, 3.05) is 6.61 Å². The van der Waals surface area contributed by atoms with E-state index in [0.717, 1.165) is 12.1 Å². The predicted molar refractivity (Wildman–Crippen MR) is 79.5 cm³/mol. The highest BCUT2D eigenvalue weighted by atomic mass is 79.9. The van der Waals surface area contributed by atoms with Gasteiger partial charge in [-0.2, -0.15) is 5.10 Å². The van der Waals surface area contributed by atoms with Gasteiger partial charge in [0.2, 0.25) is 0 Å². The number of hydrogen-bond acceptors (Lipinski definition) is 4. The first-order chi connectivity index (χ1) is 10.6. The molecule has 1 aromatic carbocycles. The molecule has 1 N–H and O–H groups in total. The summed E-state index contributed by atoms with van der Waals surface area (Å²) in [5.74, 6) is -3.08. The maximum atomic E-state index is 13.5. The second-order valence-electron chi connectivity index (χ2n) is 4.07. The Kier molecular flexibility index (Phi) is 5.54. The Morgan fingerprint density at radius 1 is 1.41 bits per heavy atom. The average Bonchev–Trinajstić information content (AvgIpc) is 2.47. The zero-order valence-electron chi connectivity index (χ0n) is 11.1. The number of halogens is 3. The summed E-state index contributed by atoms with van der Waals surface area (Å²) in [6.07, 6.45) is 4.54. The topological polar surface area (TPSA) is 63.6 Å². The number of carbonyl (C=O) groups excluding carboxylic acids is 1. The predicted octanol–water partition coefficient (Wildman–Crippen LogP) is 2.65. The van der Waals surface area contributed by atoms with E-state index in [1.165, 1.54) is 6.21 Å². The second-order valence-corrected chi connectivity index (χ2v) is 4.98. The van der Waals surface area contributed by atoms with Gasteiger partial charge >= 0.3 is 0 Å². The molecule has 1 amide bonds. The minimum Gasteiger partial charge on any atom is -0.478 e. The fourth-order valence-electron chi connectivity index (χ4n) is 1.47. The van der Waals surface area contributed by atoms with E-state index < -0.39 is 29.9 Å². The monoisotopic (exact) mass is 369 g/mol.